The lowest BCUT2D eigenvalue weighted by Gasteiger charge is -2.18. The molecule has 1 amide bonds. The quantitative estimate of drug-likeness (QED) is 0.772. The number of fused-ring (bicyclic) bond motifs is 1. The van der Waals surface area contributed by atoms with Gasteiger partial charge < -0.3 is 9.88 Å². The van der Waals surface area contributed by atoms with Crippen LogP contribution in [0.2, 0.25) is 0 Å². The van der Waals surface area contributed by atoms with Gasteiger partial charge in [-0.3, -0.25) is 4.79 Å². The molecule has 0 bridgehead atoms. The van der Waals surface area contributed by atoms with Crippen LogP contribution in [0.3, 0.4) is 0 Å². The molecule has 0 saturated heterocycles. The molecule has 3 rings (SSSR count). The minimum atomic E-state index is -0.371. The van der Waals surface area contributed by atoms with Crippen molar-refractivity contribution >= 4 is 17.1 Å². The summed E-state index contributed by atoms with van der Waals surface area (Å²) in [4.78, 5) is 21.3. The number of halogens is 1. The molecule has 0 spiro atoms. The number of carbonyl (C=O) groups excluding carboxylic acids is 1. The first-order chi connectivity index (χ1) is 12.0. The number of benzene rings is 1. The molecule has 0 fully saturated rings. The van der Waals surface area contributed by atoms with Crippen LogP contribution in [0.25, 0.3) is 11.2 Å². The van der Waals surface area contributed by atoms with Crippen molar-refractivity contribution in [1.29, 1.82) is 0 Å². The van der Waals surface area contributed by atoms with E-state index in [9.17, 15) is 9.18 Å². The van der Waals surface area contributed by atoms with E-state index in [1.54, 1.807) is 24.4 Å². The minimum Gasteiger partial charge on any atom is -0.346 e. The number of hydrogen-bond donors (Lipinski definition) is 1. The summed E-state index contributed by atoms with van der Waals surface area (Å²) in [5, 5.41) is 2.91. The third-order valence-corrected chi connectivity index (χ3v) is 4.07. The monoisotopic (exact) mass is 340 g/mol. The Hall–Kier alpha value is -2.76. The Bertz CT molecular complexity index is 903. The Balaban J connectivity index is 1.82. The molecule has 2 aromatic heterocycles. The number of nitrogens with one attached hydrogen (secondary N) is 1. The molecule has 2 heterocycles. The number of rotatable bonds is 5. The van der Waals surface area contributed by atoms with Crippen molar-refractivity contribution in [2.24, 2.45) is 0 Å². The van der Waals surface area contributed by atoms with E-state index < -0.39 is 0 Å². The maximum atomic E-state index is 13.7. The smallest absolute Gasteiger partial charge is 0.225 e. The fourth-order valence-corrected chi connectivity index (χ4v) is 2.93. The van der Waals surface area contributed by atoms with Gasteiger partial charge in [-0.15, -0.1) is 0 Å². The average Bonchev–Trinajstić information content (AvgIpc) is 2.96. The predicted molar refractivity (Wildman–Crippen MR) is 94.6 cm³/mol. The van der Waals surface area contributed by atoms with Crippen LogP contribution in [0.15, 0.2) is 42.6 Å². The second-order valence-electron chi connectivity index (χ2n) is 6.34. The number of pyridine rings is 1. The van der Waals surface area contributed by atoms with Crippen LogP contribution in [-0.2, 0) is 11.2 Å². The SMILES string of the molecule is CC(NC(=O)Cc1ccccc1F)c1nc2cccnc2n1C(C)C. The number of amides is 1. The summed E-state index contributed by atoms with van der Waals surface area (Å²) in [6.45, 7) is 5.97. The summed E-state index contributed by atoms with van der Waals surface area (Å²) in [7, 11) is 0. The average molecular weight is 340 g/mol. The fraction of sp³-hybridized carbons (Fsp3) is 0.316. The van der Waals surface area contributed by atoms with Gasteiger partial charge in [0.1, 0.15) is 17.2 Å². The summed E-state index contributed by atoms with van der Waals surface area (Å²) >= 11 is 0. The lowest BCUT2D eigenvalue weighted by Crippen LogP contribution is -2.30. The summed E-state index contributed by atoms with van der Waals surface area (Å²) in [5.41, 5.74) is 1.97. The molecule has 6 heteroatoms. The van der Waals surface area contributed by atoms with Crippen LogP contribution < -0.4 is 5.32 Å². The lowest BCUT2D eigenvalue weighted by atomic mass is 10.1. The van der Waals surface area contributed by atoms with Gasteiger partial charge in [0.25, 0.3) is 0 Å². The van der Waals surface area contributed by atoms with E-state index in [1.807, 2.05) is 37.5 Å². The number of hydrogen-bond acceptors (Lipinski definition) is 3. The molecule has 0 aliphatic heterocycles. The Morgan fingerprint density at radius 2 is 1.96 bits per heavy atom. The number of carbonyl (C=O) groups is 1. The van der Waals surface area contributed by atoms with Crippen LogP contribution in [-0.4, -0.2) is 20.4 Å². The normalized spacial score (nSPS) is 12.5. The Morgan fingerprint density at radius 1 is 1.20 bits per heavy atom. The van der Waals surface area contributed by atoms with Crippen LogP contribution in [0.4, 0.5) is 4.39 Å². The first-order valence-electron chi connectivity index (χ1n) is 8.33. The molecule has 0 radical (unpaired) electrons. The van der Waals surface area contributed by atoms with Gasteiger partial charge in [0.05, 0.1) is 12.5 Å². The summed E-state index contributed by atoms with van der Waals surface area (Å²) in [5.74, 6) is 0.127. The van der Waals surface area contributed by atoms with E-state index in [2.05, 4.69) is 15.3 Å². The van der Waals surface area contributed by atoms with Gasteiger partial charge in [0, 0.05) is 12.2 Å². The molecule has 1 atom stereocenters. The minimum absolute atomic E-state index is 0.00281. The zero-order valence-electron chi connectivity index (χ0n) is 14.5. The van der Waals surface area contributed by atoms with Crippen molar-refractivity contribution in [3.63, 3.8) is 0 Å². The highest BCUT2D eigenvalue weighted by atomic mass is 19.1. The maximum Gasteiger partial charge on any atom is 0.225 e. The topological polar surface area (TPSA) is 59.8 Å². The number of aromatic nitrogens is 3. The largest absolute Gasteiger partial charge is 0.346 e. The van der Waals surface area contributed by atoms with E-state index in [0.717, 1.165) is 17.0 Å². The standard InChI is InChI=1S/C19H21FN4O/c1-12(2)24-18(23-16-9-6-10-21-19(16)24)13(3)22-17(25)11-14-7-4-5-8-15(14)20/h4-10,12-13H,11H2,1-3H3,(H,22,25). The van der Waals surface area contributed by atoms with Crippen LogP contribution >= 0.6 is 0 Å². The molecule has 0 saturated carbocycles. The van der Waals surface area contributed by atoms with Gasteiger partial charge in [-0.1, -0.05) is 18.2 Å². The van der Waals surface area contributed by atoms with Crippen molar-refractivity contribution in [3.8, 4) is 0 Å². The molecule has 25 heavy (non-hydrogen) atoms. The second kappa shape index (κ2) is 7.01. The van der Waals surface area contributed by atoms with Crippen LogP contribution in [0.5, 0.6) is 0 Å². The van der Waals surface area contributed by atoms with Crippen molar-refractivity contribution in [1.82, 2.24) is 19.9 Å². The Kier molecular flexibility index (Phi) is 4.79. The highest BCUT2D eigenvalue weighted by Gasteiger charge is 2.21. The molecule has 0 aliphatic rings. The van der Waals surface area contributed by atoms with Crippen molar-refractivity contribution in [2.45, 2.75) is 39.3 Å². The molecular weight excluding hydrogens is 319 g/mol. The summed E-state index contributed by atoms with van der Waals surface area (Å²) in [6, 6.07) is 9.89. The molecule has 0 aliphatic carbocycles. The van der Waals surface area contributed by atoms with E-state index in [0.29, 0.717) is 5.56 Å². The van der Waals surface area contributed by atoms with Crippen molar-refractivity contribution in [2.75, 3.05) is 0 Å². The second-order valence-corrected chi connectivity index (χ2v) is 6.34. The maximum absolute atomic E-state index is 13.7. The van der Waals surface area contributed by atoms with Gasteiger partial charge in [0.2, 0.25) is 5.91 Å². The van der Waals surface area contributed by atoms with Crippen LogP contribution in [0, 0.1) is 5.82 Å². The van der Waals surface area contributed by atoms with E-state index >= 15 is 0 Å². The van der Waals surface area contributed by atoms with Crippen molar-refractivity contribution in [3.05, 3.63) is 59.8 Å². The van der Waals surface area contributed by atoms with E-state index in [-0.39, 0.29) is 30.2 Å². The molecular formula is C19H21FN4O. The van der Waals surface area contributed by atoms with E-state index in [4.69, 9.17) is 0 Å². The number of imidazole rings is 1. The van der Waals surface area contributed by atoms with E-state index in [1.165, 1.54) is 6.07 Å². The molecule has 130 valence electrons. The van der Waals surface area contributed by atoms with Gasteiger partial charge in [-0.2, -0.15) is 0 Å². The van der Waals surface area contributed by atoms with Crippen LogP contribution in [0.1, 0.15) is 44.2 Å². The number of nitrogens with zero attached hydrogens (tertiary/aromatic N) is 3. The highest BCUT2D eigenvalue weighted by Crippen LogP contribution is 2.23. The van der Waals surface area contributed by atoms with Gasteiger partial charge in [-0.25, -0.2) is 14.4 Å². The lowest BCUT2D eigenvalue weighted by molar-refractivity contribution is -0.121. The van der Waals surface area contributed by atoms with Gasteiger partial charge in [-0.05, 0) is 44.5 Å². The molecule has 1 aromatic carbocycles. The third kappa shape index (κ3) is 3.52. The zero-order chi connectivity index (χ0) is 18.0. The van der Waals surface area contributed by atoms with Gasteiger partial charge >= 0.3 is 0 Å². The first kappa shape index (κ1) is 17.1. The molecule has 1 N–H and O–H groups in total. The summed E-state index contributed by atoms with van der Waals surface area (Å²) < 4.78 is 15.7. The van der Waals surface area contributed by atoms with Gasteiger partial charge in [0.15, 0.2) is 5.65 Å². The molecule has 1 unspecified atom stereocenters. The third-order valence-electron chi connectivity index (χ3n) is 4.07. The highest BCUT2D eigenvalue weighted by molar-refractivity contribution is 5.79. The predicted octanol–water partition coefficient (Wildman–Crippen LogP) is 3.57. The first-order valence-corrected chi connectivity index (χ1v) is 8.33. The Labute approximate surface area is 145 Å². The molecule has 3 aromatic rings. The zero-order valence-corrected chi connectivity index (χ0v) is 14.5. The van der Waals surface area contributed by atoms with Crippen molar-refractivity contribution < 1.29 is 9.18 Å². The molecule has 5 nitrogen and oxygen atoms in total. The summed E-state index contributed by atoms with van der Waals surface area (Å²) in [6.07, 6.45) is 1.73. The Morgan fingerprint density at radius 3 is 2.68 bits per heavy atom. The fourth-order valence-electron chi connectivity index (χ4n) is 2.93.